The van der Waals surface area contributed by atoms with E-state index in [1.165, 1.54) is 13.2 Å². The van der Waals surface area contributed by atoms with Crippen molar-refractivity contribution in [2.45, 2.75) is 25.8 Å². The van der Waals surface area contributed by atoms with E-state index in [1.54, 1.807) is 25.1 Å². The summed E-state index contributed by atoms with van der Waals surface area (Å²) < 4.78 is 18.3. The number of carboxylic acids is 1. The number of benzene rings is 1. The molecule has 0 aliphatic rings. The number of hydrogen-bond donors (Lipinski definition) is 2. The van der Waals surface area contributed by atoms with E-state index in [0.717, 1.165) is 0 Å². The number of halogens is 1. The lowest BCUT2D eigenvalue weighted by Gasteiger charge is -2.17. The van der Waals surface area contributed by atoms with E-state index in [4.69, 9.17) is 9.84 Å². The molecule has 1 amide bonds. The minimum absolute atomic E-state index is 0.185. The Hall–Kier alpha value is -1.95. The van der Waals surface area contributed by atoms with Crippen molar-refractivity contribution in [1.82, 2.24) is 5.32 Å². The molecule has 0 heterocycles. The molecular formula is C15H20FNO4. The van der Waals surface area contributed by atoms with Crippen LogP contribution in [0.25, 0.3) is 0 Å². The average Bonchev–Trinajstić information content (AvgIpc) is 2.45. The fourth-order valence-electron chi connectivity index (χ4n) is 1.89. The zero-order valence-corrected chi connectivity index (χ0v) is 12.1. The summed E-state index contributed by atoms with van der Waals surface area (Å²) >= 11 is 0. The second-order valence-electron chi connectivity index (χ2n) is 4.88. The van der Waals surface area contributed by atoms with Crippen molar-refractivity contribution in [2.75, 3.05) is 13.7 Å². The van der Waals surface area contributed by atoms with Gasteiger partial charge >= 0.3 is 5.97 Å². The lowest BCUT2D eigenvalue weighted by atomic mass is 9.99. The Bertz CT molecular complexity index is 492. The highest BCUT2D eigenvalue weighted by Gasteiger charge is 2.23. The number of nitrogens with one attached hydrogen (secondary N) is 1. The molecular weight excluding hydrogens is 277 g/mol. The number of aliphatic carboxylic acids is 1. The second kappa shape index (κ2) is 8.36. The largest absolute Gasteiger partial charge is 0.480 e. The Kier molecular flexibility index (Phi) is 6.81. The maximum absolute atomic E-state index is 13.5. The maximum Gasteiger partial charge on any atom is 0.326 e. The monoisotopic (exact) mass is 297 g/mol. The fourth-order valence-corrected chi connectivity index (χ4v) is 1.89. The topological polar surface area (TPSA) is 75.6 Å². The van der Waals surface area contributed by atoms with Crippen LogP contribution in [0.4, 0.5) is 4.39 Å². The molecule has 2 unspecified atom stereocenters. The molecule has 1 aromatic carbocycles. The normalized spacial score (nSPS) is 13.5. The van der Waals surface area contributed by atoms with E-state index >= 15 is 0 Å². The molecule has 5 nitrogen and oxygen atoms in total. The zero-order valence-electron chi connectivity index (χ0n) is 12.1. The quantitative estimate of drug-likeness (QED) is 0.764. The highest BCUT2D eigenvalue weighted by atomic mass is 19.1. The first-order valence-electron chi connectivity index (χ1n) is 6.71. The molecule has 6 heteroatoms. The number of carbonyl (C=O) groups excluding carboxylic acids is 1. The van der Waals surface area contributed by atoms with Gasteiger partial charge in [-0.1, -0.05) is 25.1 Å². The summed E-state index contributed by atoms with van der Waals surface area (Å²) in [7, 11) is 1.46. The zero-order chi connectivity index (χ0) is 15.8. The number of hydrogen-bond acceptors (Lipinski definition) is 3. The first-order valence-corrected chi connectivity index (χ1v) is 6.71. The molecule has 0 aliphatic carbocycles. The standard InChI is InChI=1S/C15H20FNO4/c1-10(9-11-5-3-4-6-12(11)16)14(18)17-13(15(19)20)7-8-21-2/h3-6,10,13H,7-9H2,1-2H3,(H,17,18)(H,19,20). The van der Waals surface area contributed by atoms with Gasteiger partial charge in [0.05, 0.1) is 0 Å². The number of rotatable bonds is 8. The van der Waals surface area contributed by atoms with Gasteiger partial charge in [0.15, 0.2) is 0 Å². The number of methoxy groups -OCH3 is 1. The first-order chi connectivity index (χ1) is 9.95. The van der Waals surface area contributed by atoms with E-state index in [9.17, 15) is 14.0 Å². The minimum atomic E-state index is -1.11. The van der Waals surface area contributed by atoms with E-state index < -0.39 is 23.8 Å². The summed E-state index contributed by atoms with van der Waals surface area (Å²) in [6, 6.07) is 5.22. The number of amides is 1. The number of carboxylic acid groups (broad SMARTS) is 1. The van der Waals surface area contributed by atoms with Crippen LogP contribution >= 0.6 is 0 Å². The lowest BCUT2D eigenvalue weighted by Crippen LogP contribution is -2.44. The molecule has 21 heavy (non-hydrogen) atoms. The van der Waals surface area contributed by atoms with Gasteiger partial charge in [-0.15, -0.1) is 0 Å². The molecule has 0 aromatic heterocycles. The molecule has 0 bridgehead atoms. The van der Waals surface area contributed by atoms with Gasteiger partial charge in [-0.25, -0.2) is 9.18 Å². The second-order valence-corrected chi connectivity index (χ2v) is 4.88. The predicted octanol–water partition coefficient (Wildman–Crippen LogP) is 1.61. The van der Waals surface area contributed by atoms with Crippen molar-refractivity contribution in [3.8, 4) is 0 Å². The van der Waals surface area contributed by atoms with E-state index in [-0.39, 0.29) is 25.3 Å². The Morgan fingerprint density at radius 2 is 2.05 bits per heavy atom. The van der Waals surface area contributed by atoms with Crippen LogP contribution in [-0.2, 0) is 20.7 Å². The highest BCUT2D eigenvalue weighted by Crippen LogP contribution is 2.13. The van der Waals surface area contributed by atoms with Gasteiger partial charge in [-0.05, 0) is 18.1 Å². The van der Waals surface area contributed by atoms with E-state index in [1.807, 2.05) is 0 Å². The SMILES string of the molecule is COCCC(NC(=O)C(C)Cc1ccccc1F)C(=O)O. The van der Waals surface area contributed by atoms with Gasteiger partial charge in [0.2, 0.25) is 5.91 Å². The number of carbonyl (C=O) groups is 2. The maximum atomic E-state index is 13.5. The van der Waals surface area contributed by atoms with Crippen LogP contribution in [0, 0.1) is 11.7 Å². The third-order valence-electron chi connectivity index (χ3n) is 3.16. The van der Waals surface area contributed by atoms with Crippen LogP contribution in [0.3, 0.4) is 0 Å². The molecule has 2 atom stereocenters. The minimum Gasteiger partial charge on any atom is -0.480 e. The average molecular weight is 297 g/mol. The van der Waals surface area contributed by atoms with Crippen LogP contribution < -0.4 is 5.32 Å². The molecule has 1 aromatic rings. The Balaban J connectivity index is 2.61. The van der Waals surface area contributed by atoms with Gasteiger partial charge in [0, 0.05) is 26.1 Å². The van der Waals surface area contributed by atoms with Crippen molar-refractivity contribution in [1.29, 1.82) is 0 Å². The number of ether oxygens (including phenoxy) is 1. The Labute approximate surface area is 123 Å². The van der Waals surface area contributed by atoms with Crippen LogP contribution in [0.2, 0.25) is 0 Å². The van der Waals surface area contributed by atoms with Gasteiger partial charge in [-0.2, -0.15) is 0 Å². The molecule has 116 valence electrons. The molecule has 0 radical (unpaired) electrons. The van der Waals surface area contributed by atoms with Gasteiger partial charge in [-0.3, -0.25) is 4.79 Å². The van der Waals surface area contributed by atoms with Gasteiger partial charge in [0.25, 0.3) is 0 Å². The molecule has 0 aliphatic heterocycles. The third-order valence-corrected chi connectivity index (χ3v) is 3.16. The van der Waals surface area contributed by atoms with Crippen molar-refractivity contribution in [3.63, 3.8) is 0 Å². The fraction of sp³-hybridized carbons (Fsp3) is 0.467. The van der Waals surface area contributed by atoms with Gasteiger partial charge < -0.3 is 15.2 Å². The highest BCUT2D eigenvalue weighted by molar-refractivity contribution is 5.84. The van der Waals surface area contributed by atoms with Crippen LogP contribution in [0.15, 0.2) is 24.3 Å². The van der Waals surface area contributed by atoms with Crippen LogP contribution in [-0.4, -0.2) is 36.7 Å². The predicted molar refractivity (Wildman–Crippen MR) is 75.3 cm³/mol. The molecule has 2 N–H and O–H groups in total. The molecule has 0 fully saturated rings. The summed E-state index contributed by atoms with van der Waals surface area (Å²) in [5, 5.41) is 11.5. The summed E-state index contributed by atoms with van der Waals surface area (Å²) in [4.78, 5) is 23.0. The van der Waals surface area contributed by atoms with Crippen molar-refractivity contribution in [3.05, 3.63) is 35.6 Å². The summed E-state index contributed by atoms with van der Waals surface area (Å²) in [6.07, 6.45) is 0.402. The first kappa shape index (κ1) is 17.1. The Morgan fingerprint density at radius 1 is 1.38 bits per heavy atom. The molecule has 0 saturated heterocycles. The Morgan fingerprint density at radius 3 is 2.62 bits per heavy atom. The van der Waals surface area contributed by atoms with Crippen molar-refractivity contribution >= 4 is 11.9 Å². The van der Waals surface area contributed by atoms with Crippen LogP contribution in [0.1, 0.15) is 18.9 Å². The van der Waals surface area contributed by atoms with Gasteiger partial charge in [0.1, 0.15) is 11.9 Å². The van der Waals surface area contributed by atoms with Crippen molar-refractivity contribution < 1.29 is 23.8 Å². The smallest absolute Gasteiger partial charge is 0.326 e. The van der Waals surface area contributed by atoms with E-state index in [2.05, 4.69) is 5.32 Å². The summed E-state index contributed by atoms with van der Waals surface area (Å²) in [6.45, 7) is 1.87. The molecule has 1 rings (SSSR count). The lowest BCUT2D eigenvalue weighted by molar-refractivity contribution is -0.142. The molecule has 0 saturated carbocycles. The van der Waals surface area contributed by atoms with E-state index in [0.29, 0.717) is 5.56 Å². The summed E-state index contributed by atoms with van der Waals surface area (Å²) in [5.74, 6) is -2.42. The molecule has 0 spiro atoms. The van der Waals surface area contributed by atoms with Crippen LogP contribution in [0.5, 0.6) is 0 Å². The van der Waals surface area contributed by atoms with Crippen molar-refractivity contribution in [2.24, 2.45) is 5.92 Å². The summed E-state index contributed by atoms with van der Waals surface area (Å²) in [5.41, 5.74) is 0.434. The third kappa shape index (κ3) is 5.51.